The average Bonchev–Trinajstić information content (AvgIpc) is 1.62. The van der Waals surface area contributed by atoms with Gasteiger partial charge in [-0.1, -0.05) is 45.9 Å². The van der Waals surface area contributed by atoms with E-state index in [0.717, 1.165) is 41.6 Å². The van der Waals surface area contributed by atoms with Crippen LogP contribution in [0.2, 0.25) is 0 Å². The number of cyclic esters (lactones) is 1. The number of carboxylic acid groups (broad SMARTS) is 2. The van der Waals surface area contributed by atoms with Crippen LogP contribution in [0.5, 0.6) is 0 Å². The highest BCUT2D eigenvalue weighted by molar-refractivity contribution is 5.97. The van der Waals surface area contributed by atoms with Gasteiger partial charge in [0, 0.05) is 96.6 Å². The monoisotopic (exact) mass is 1620 g/mol. The van der Waals surface area contributed by atoms with E-state index in [2.05, 4.69) is 26.6 Å². The number of nitrogens with one attached hydrogen (secondary N) is 5. The van der Waals surface area contributed by atoms with E-state index in [0.29, 0.717) is 63.4 Å². The molecule has 0 saturated carbocycles. The predicted molar refractivity (Wildman–Crippen MR) is 411 cm³/mol. The molecule has 5 heterocycles. The maximum atomic E-state index is 14.5. The number of amides is 10. The molecule has 3 aliphatic rings. The van der Waals surface area contributed by atoms with Crippen LogP contribution < -0.4 is 37.9 Å². The molecular formula is C77H113N13O25. The van der Waals surface area contributed by atoms with Crippen molar-refractivity contribution in [3.8, 4) is 11.4 Å². The Morgan fingerprint density at radius 1 is 0.635 bits per heavy atom. The second kappa shape index (κ2) is 47.7. The summed E-state index contributed by atoms with van der Waals surface area (Å²) in [5.41, 5.74) is 6.80. The van der Waals surface area contributed by atoms with Crippen molar-refractivity contribution in [1.82, 2.24) is 60.6 Å². The molecule has 38 nitrogen and oxygen atoms in total. The van der Waals surface area contributed by atoms with Crippen molar-refractivity contribution in [2.45, 2.75) is 154 Å². The lowest BCUT2D eigenvalue weighted by Gasteiger charge is -2.37. The summed E-state index contributed by atoms with van der Waals surface area (Å²) in [6, 6.07) is 4.20. The Bertz CT molecular complexity index is 3950. The molecule has 0 bridgehead atoms. The van der Waals surface area contributed by atoms with Crippen molar-refractivity contribution < 1.29 is 115 Å². The van der Waals surface area contributed by atoms with Crippen LogP contribution in [0.25, 0.3) is 22.3 Å². The number of rotatable bonds is 53. The molecule has 6 rings (SSSR count). The first kappa shape index (κ1) is 93.7. The molecular weight excluding hydrogens is 1510 g/mol. The van der Waals surface area contributed by atoms with Crippen molar-refractivity contribution >= 4 is 93.9 Å². The van der Waals surface area contributed by atoms with Crippen LogP contribution in [0.4, 0.5) is 0 Å². The van der Waals surface area contributed by atoms with E-state index < -0.39 is 144 Å². The van der Waals surface area contributed by atoms with E-state index in [1.54, 1.807) is 31.4 Å². The number of aromatic nitrogens is 2. The van der Waals surface area contributed by atoms with Crippen LogP contribution in [0.15, 0.2) is 35.1 Å². The molecule has 1 aromatic carbocycles. The number of nitrogens with two attached hydrogens (primary N) is 1. The Kier molecular flexibility index (Phi) is 38.9. The van der Waals surface area contributed by atoms with Crippen LogP contribution in [0, 0.1) is 5.92 Å². The van der Waals surface area contributed by atoms with Crippen molar-refractivity contribution in [2.75, 3.05) is 160 Å². The van der Waals surface area contributed by atoms with E-state index in [9.17, 15) is 77.0 Å². The summed E-state index contributed by atoms with van der Waals surface area (Å²) < 4.78 is 46.3. The quantitative estimate of drug-likeness (QED) is 0.0196. The SMILES string of the molecule is CCc1c2c(nc3ccccc13)-c1cc3c(c(=O)n1C2)COC(=O)[C@@]3(CC)OC(=O)[C@@H](NC(=O)[C@@H]1CCCN1C(=O)[C@H](CC(=O)O)NC(=O)CCOCCOCCOCCNC(=O)[C@H](CCCCNC(=O)CCCC(=O)N(C)CC(=O)N(C)CC(=O)N(C)CC(=O)N(C)CC(=O)O)NC(=O)CCOCCOCCOCCN)C(C)C. The van der Waals surface area contributed by atoms with Gasteiger partial charge in [0.1, 0.15) is 37.3 Å². The Morgan fingerprint density at radius 2 is 1.20 bits per heavy atom. The van der Waals surface area contributed by atoms with Gasteiger partial charge in [0.05, 0.1) is 134 Å². The summed E-state index contributed by atoms with van der Waals surface area (Å²) in [6.45, 7) is 7.79. The molecule has 0 unspecified atom stereocenters. The minimum Gasteiger partial charge on any atom is -0.481 e. The highest BCUT2D eigenvalue weighted by Gasteiger charge is 2.52. The second-order valence-electron chi connectivity index (χ2n) is 28.4. The van der Waals surface area contributed by atoms with Crippen LogP contribution >= 0.6 is 0 Å². The number of carbonyl (C=O) groups is 14. The van der Waals surface area contributed by atoms with Gasteiger partial charge in [0.15, 0.2) is 0 Å². The summed E-state index contributed by atoms with van der Waals surface area (Å²) in [5.74, 6) is -10.9. The van der Waals surface area contributed by atoms with E-state index in [1.807, 2.05) is 31.2 Å². The van der Waals surface area contributed by atoms with Gasteiger partial charge < -0.3 is 109 Å². The van der Waals surface area contributed by atoms with Gasteiger partial charge in [0.2, 0.25) is 64.7 Å². The van der Waals surface area contributed by atoms with Crippen LogP contribution in [-0.4, -0.2) is 311 Å². The third-order valence-electron chi connectivity index (χ3n) is 19.5. The van der Waals surface area contributed by atoms with E-state index in [4.69, 9.17) is 53.7 Å². The fourth-order valence-electron chi connectivity index (χ4n) is 13.1. The van der Waals surface area contributed by atoms with Gasteiger partial charge in [-0.25, -0.2) is 14.6 Å². The number of pyridine rings is 2. The zero-order chi connectivity index (χ0) is 84.3. The van der Waals surface area contributed by atoms with E-state index >= 15 is 0 Å². The number of unbranched alkanes of at least 4 members (excludes halogenated alkanes) is 1. The molecule has 1 fully saturated rings. The van der Waals surface area contributed by atoms with Crippen molar-refractivity contribution in [3.63, 3.8) is 0 Å². The molecule has 2 aromatic heterocycles. The molecule has 9 N–H and O–H groups in total. The second-order valence-corrected chi connectivity index (χ2v) is 28.4. The Balaban J connectivity index is 0.883. The molecule has 0 radical (unpaired) electrons. The lowest BCUT2D eigenvalue weighted by molar-refractivity contribution is -0.191. The standard InChI is InChI=1S/C77H113N13O25/c1-9-50-51-17-11-12-18-55(51)83-70-52(50)43-90-59(70)41-54-53(73(90)104)48-114-76(107)77(54,10-2)115-75(106)69(49(3)4)84-72(103)58-20-16-28-89(58)74(105)57(42-67(98)99)82-62(93)24-30-109-34-38-113-40-36-111-32-27-80-71(102)56(81-61(92)23-29-108-33-37-112-39-35-110-31-25-78)19-13-14-26-79-60(91)21-15-22-63(94)85(5)44-64(95)86(6)45-65(96)87(7)46-66(97)88(8)47-68(100)101/h11-12,17-18,41,49,56-58,69H,9-10,13-16,19-40,42-48,78H2,1-8H3,(H,79,91)(H,80,102)(H,81,92)(H,82,93)(H,84,103)(H,98,99)(H,100,101)/t56-,57-,58-,69-,77-/m0/s1. The number of benzene rings is 1. The molecule has 115 heavy (non-hydrogen) atoms. The largest absolute Gasteiger partial charge is 0.481 e. The maximum Gasteiger partial charge on any atom is 0.355 e. The topological polar surface area (TPSA) is 491 Å². The number of esters is 2. The average molecular weight is 1620 g/mol. The minimum absolute atomic E-state index is 0.000916. The molecule has 10 amide bonds. The molecule has 38 heteroatoms. The first-order valence-electron chi connectivity index (χ1n) is 38.8. The van der Waals surface area contributed by atoms with Gasteiger partial charge >= 0.3 is 23.9 Å². The molecule has 0 spiro atoms. The number of hydrogen-bond acceptors (Lipinski definition) is 25. The Hall–Kier alpha value is -10.1. The molecule has 3 aromatic rings. The Morgan fingerprint density at radius 3 is 1.77 bits per heavy atom. The first-order chi connectivity index (χ1) is 55.0. The van der Waals surface area contributed by atoms with Gasteiger partial charge in [-0.3, -0.25) is 62.3 Å². The number of ether oxygens (including phenoxy) is 8. The highest BCUT2D eigenvalue weighted by atomic mass is 16.6. The van der Waals surface area contributed by atoms with E-state index in [-0.39, 0.29) is 167 Å². The number of fused-ring (bicyclic) bond motifs is 5. The molecule has 0 aliphatic carbocycles. The van der Waals surface area contributed by atoms with Crippen molar-refractivity contribution in [3.05, 3.63) is 62.9 Å². The number of carbonyl (C=O) groups excluding carboxylic acids is 12. The van der Waals surface area contributed by atoms with E-state index in [1.165, 1.54) is 33.1 Å². The zero-order valence-electron chi connectivity index (χ0n) is 67.0. The van der Waals surface area contributed by atoms with Gasteiger partial charge in [0.25, 0.3) is 5.56 Å². The molecule has 636 valence electrons. The predicted octanol–water partition coefficient (Wildman–Crippen LogP) is -0.901. The molecule has 1 saturated heterocycles. The van der Waals surface area contributed by atoms with Crippen molar-refractivity contribution in [1.29, 1.82) is 0 Å². The van der Waals surface area contributed by atoms with Crippen LogP contribution in [-0.2, 0) is 130 Å². The smallest absolute Gasteiger partial charge is 0.355 e. The summed E-state index contributed by atoms with van der Waals surface area (Å²) >= 11 is 0. The molecule has 5 atom stereocenters. The summed E-state index contributed by atoms with van der Waals surface area (Å²) in [7, 11) is 5.37. The summed E-state index contributed by atoms with van der Waals surface area (Å²) in [4.78, 5) is 208. The zero-order valence-corrected chi connectivity index (χ0v) is 67.0. The minimum atomic E-state index is -2.10. The van der Waals surface area contributed by atoms with Gasteiger partial charge in [-0.05, 0) is 75.0 Å². The summed E-state index contributed by atoms with van der Waals surface area (Å²) in [6.07, 6.45) is 0.994. The van der Waals surface area contributed by atoms with Crippen LogP contribution in [0.3, 0.4) is 0 Å². The normalized spacial score (nSPS) is 15.4. The number of nitrogens with zero attached hydrogens (tertiary/aromatic N) is 7. The number of carboxylic acids is 2. The number of likely N-dealkylation sites (tertiary alicyclic amines) is 1. The van der Waals surface area contributed by atoms with Crippen molar-refractivity contribution in [2.24, 2.45) is 11.7 Å². The van der Waals surface area contributed by atoms with Gasteiger partial charge in [-0.2, -0.15) is 0 Å². The fourth-order valence-corrected chi connectivity index (χ4v) is 13.1. The highest BCUT2D eigenvalue weighted by Crippen LogP contribution is 2.42. The molecule has 3 aliphatic heterocycles. The summed E-state index contributed by atoms with van der Waals surface area (Å²) in [5, 5.41) is 33.2. The van der Waals surface area contributed by atoms with Gasteiger partial charge in [-0.15, -0.1) is 0 Å². The number of likely N-dealkylation sites (N-methyl/N-ethyl adjacent to an activating group) is 4. The number of para-hydroxylation sites is 1. The third-order valence-corrected chi connectivity index (χ3v) is 19.5. The fraction of sp³-hybridized carbons (Fsp3) is 0.636. The van der Waals surface area contributed by atoms with Crippen LogP contribution in [0.1, 0.15) is 127 Å². The number of hydrogen-bond donors (Lipinski definition) is 8. The lowest BCUT2D eigenvalue weighted by Crippen LogP contribution is -2.57. The third kappa shape index (κ3) is 28.4. The first-order valence-corrected chi connectivity index (χ1v) is 38.8. The maximum absolute atomic E-state index is 14.5. The number of aliphatic carboxylic acids is 2. The Labute approximate surface area is 667 Å². The number of aryl methyl sites for hydroxylation is 1. The lowest BCUT2D eigenvalue weighted by atomic mass is 9.85.